The van der Waals surface area contributed by atoms with Gasteiger partial charge in [-0.3, -0.25) is 0 Å². The van der Waals surface area contributed by atoms with E-state index < -0.39 is 18.4 Å². The van der Waals surface area contributed by atoms with E-state index in [1.165, 1.54) is 0 Å². The number of hydrogen-bond donors (Lipinski definition) is 2. The number of rotatable bonds is 8. The van der Waals surface area contributed by atoms with Gasteiger partial charge in [0.25, 0.3) is 0 Å². The molecule has 0 aliphatic carbocycles. The average molecular weight is 389 g/mol. The Labute approximate surface area is 162 Å². The lowest BCUT2D eigenvalue weighted by Gasteiger charge is -2.27. The Bertz CT molecular complexity index is 824. The first kappa shape index (κ1) is 18.8. The van der Waals surface area contributed by atoms with Crippen LogP contribution in [0.2, 0.25) is 0 Å². The number of aliphatic hydroxyl groups excluding tert-OH is 1. The first-order valence-electron chi connectivity index (χ1n) is 8.95. The molecule has 0 bridgehead atoms. The maximum Gasteiger partial charge on any atom is 0.231 e. The van der Waals surface area contributed by atoms with Crippen molar-refractivity contribution >= 4 is 0 Å². The van der Waals surface area contributed by atoms with Crippen LogP contribution in [0, 0.1) is 0 Å². The van der Waals surface area contributed by atoms with E-state index in [2.05, 4.69) is 5.32 Å². The van der Waals surface area contributed by atoms with Crippen molar-refractivity contribution in [2.75, 3.05) is 34.4 Å². The highest BCUT2D eigenvalue weighted by molar-refractivity contribution is 5.48. The van der Waals surface area contributed by atoms with Crippen molar-refractivity contribution in [1.82, 2.24) is 5.32 Å². The molecule has 0 spiro atoms. The second kappa shape index (κ2) is 8.24. The van der Waals surface area contributed by atoms with Crippen LogP contribution in [0.3, 0.4) is 0 Å². The minimum Gasteiger partial charge on any atom is -0.454 e. The largest absolute Gasteiger partial charge is 0.454 e. The van der Waals surface area contributed by atoms with Crippen LogP contribution >= 0.6 is 0 Å². The molecular weight excluding hydrogens is 366 g/mol. The topological polar surface area (TPSA) is 87.6 Å². The highest BCUT2D eigenvalue weighted by Gasteiger charge is 2.27. The van der Waals surface area contributed by atoms with Crippen LogP contribution in [0.25, 0.3) is 0 Å². The molecule has 4 rings (SSSR count). The monoisotopic (exact) mass is 389 g/mol. The molecule has 8 nitrogen and oxygen atoms in total. The van der Waals surface area contributed by atoms with Crippen molar-refractivity contribution in [2.24, 2.45) is 0 Å². The summed E-state index contributed by atoms with van der Waals surface area (Å²) in [5.41, 5.74) is 1.55. The summed E-state index contributed by atoms with van der Waals surface area (Å²) in [4.78, 5) is 0. The van der Waals surface area contributed by atoms with Crippen molar-refractivity contribution in [3.63, 3.8) is 0 Å². The van der Waals surface area contributed by atoms with E-state index in [0.717, 1.165) is 5.56 Å². The molecule has 0 fully saturated rings. The number of hydrogen-bond acceptors (Lipinski definition) is 8. The fourth-order valence-electron chi connectivity index (χ4n) is 3.29. The van der Waals surface area contributed by atoms with Gasteiger partial charge in [-0.15, -0.1) is 0 Å². The number of fused-ring (bicyclic) bond motifs is 2. The van der Waals surface area contributed by atoms with Gasteiger partial charge in [-0.2, -0.15) is 0 Å². The number of benzene rings is 2. The zero-order chi connectivity index (χ0) is 19.5. The van der Waals surface area contributed by atoms with Crippen LogP contribution < -0.4 is 24.3 Å². The summed E-state index contributed by atoms with van der Waals surface area (Å²) < 4.78 is 32.2. The Morgan fingerprint density at radius 2 is 1.39 bits per heavy atom. The molecule has 0 saturated heterocycles. The summed E-state index contributed by atoms with van der Waals surface area (Å²) in [6, 6.07) is 10.6. The standard InChI is InChI=1S/C20H23NO7/c1-23-18(24-2)9-21-19(12-3-5-14-16(7-12)27-10-25-14)20(22)13-4-6-15-17(8-13)28-11-26-15/h3-8,18-22H,9-11H2,1-2H3/t19-,20-/m1/s1. The molecule has 0 saturated carbocycles. The summed E-state index contributed by atoms with van der Waals surface area (Å²) in [6.07, 6.45) is -1.30. The smallest absolute Gasteiger partial charge is 0.231 e. The third-order valence-electron chi connectivity index (χ3n) is 4.84. The van der Waals surface area contributed by atoms with E-state index in [0.29, 0.717) is 35.1 Å². The molecule has 8 heteroatoms. The van der Waals surface area contributed by atoms with Crippen molar-refractivity contribution in [2.45, 2.75) is 18.4 Å². The maximum absolute atomic E-state index is 11.2. The van der Waals surface area contributed by atoms with E-state index in [1.54, 1.807) is 26.4 Å². The quantitative estimate of drug-likeness (QED) is 0.664. The highest BCUT2D eigenvalue weighted by atomic mass is 16.7. The van der Waals surface area contributed by atoms with Gasteiger partial charge in [0.2, 0.25) is 13.6 Å². The molecule has 2 heterocycles. The van der Waals surface area contributed by atoms with Gasteiger partial charge < -0.3 is 38.8 Å². The van der Waals surface area contributed by atoms with Gasteiger partial charge in [0.15, 0.2) is 29.3 Å². The zero-order valence-electron chi connectivity index (χ0n) is 15.7. The highest BCUT2D eigenvalue weighted by Crippen LogP contribution is 2.40. The molecule has 2 aliphatic heterocycles. The first-order chi connectivity index (χ1) is 13.7. The van der Waals surface area contributed by atoms with E-state index in [4.69, 9.17) is 28.4 Å². The molecule has 150 valence electrons. The number of methoxy groups -OCH3 is 2. The lowest BCUT2D eigenvalue weighted by atomic mass is 9.95. The summed E-state index contributed by atoms with van der Waals surface area (Å²) in [5, 5.41) is 14.5. The Hall–Kier alpha value is -2.52. The number of ether oxygens (including phenoxy) is 6. The van der Waals surface area contributed by atoms with E-state index in [1.807, 2.05) is 24.3 Å². The third-order valence-corrected chi connectivity index (χ3v) is 4.84. The molecule has 2 N–H and O–H groups in total. The van der Waals surface area contributed by atoms with Gasteiger partial charge >= 0.3 is 0 Å². The van der Waals surface area contributed by atoms with Gasteiger partial charge in [0.1, 0.15) is 0 Å². The second-order valence-electron chi connectivity index (χ2n) is 6.46. The fraction of sp³-hybridized carbons (Fsp3) is 0.400. The minimum atomic E-state index is -0.857. The molecular formula is C20H23NO7. The maximum atomic E-state index is 11.2. The molecule has 0 unspecified atom stereocenters. The Morgan fingerprint density at radius 1 is 0.857 bits per heavy atom. The van der Waals surface area contributed by atoms with E-state index >= 15 is 0 Å². The summed E-state index contributed by atoms with van der Waals surface area (Å²) in [6.45, 7) is 0.757. The molecule has 28 heavy (non-hydrogen) atoms. The normalized spacial score (nSPS) is 16.4. The Kier molecular flexibility index (Phi) is 5.54. The lowest BCUT2D eigenvalue weighted by molar-refractivity contribution is -0.101. The van der Waals surface area contributed by atoms with Crippen molar-refractivity contribution in [1.29, 1.82) is 0 Å². The van der Waals surface area contributed by atoms with E-state index in [9.17, 15) is 5.11 Å². The summed E-state index contributed by atoms with van der Waals surface area (Å²) >= 11 is 0. The van der Waals surface area contributed by atoms with Gasteiger partial charge in [0.05, 0.1) is 12.1 Å². The predicted octanol–water partition coefficient (Wildman–Crippen LogP) is 2.13. The van der Waals surface area contributed by atoms with Crippen LogP contribution in [0.1, 0.15) is 23.3 Å². The van der Waals surface area contributed by atoms with Crippen LogP contribution in [0.5, 0.6) is 23.0 Å². The number of nitrogens with one attached hydrogen (secondary N) is 1. The average Bonchev–Trinajstić information content (AvgIpc) is 3.38. The van der Waals surface area contributed by atoms with Crippen LogP contribution in [0.4, 0.5) is 0 Å². The van der Waals surface area contributed by atoms with Gasteiger partial charge in [0, 0.05) is 20.8 Å². The predicted molar refractivity (Wildman–Crippen MR) is 98.6 cm³/mol. The van der Waals surface area contributed by atoms with Crippen molar-refractivity contribution in [3.05, 3.63) is 47.5 Å². The lowest BCUT2D eigenvalue weighted by Crippen LogP contribution is -2.35. The van der Waals surface area contributed by atoms with Crippen LogP contribution in [-0.4, -0.2) is 45.7 Å². The van der Waals surface area contributed by atoms with Crippen molar-refractivity contribution < 1.29 is 33.5 Å². The fourth-order valence-corrected chi connectivity index (χ4v) is 3.29. The number of aliphatic hydroxyl groups is 1. The summed E-state index contributed by atoms with van der Waals surface area (Å²) in [5.74, 6) is 2.62. The Balaban J connectivity index is 1.61. The molecule has 0 radical (unpaired) electrons. The third kappa shape index (κ3) is 3.72. The SMILES string of the molecule is COC(CN[C@H](c1ccc2c(c1)OCO2)[C@H](O)c1ccc2c(c1)OCO2)OC. The first-order valence-corrected chi connectivity index (χ1v) is 8.95. The second-order valence-corrected chi connectivity index (χ2v) is 6.46. The Morgan fingerprint density at radius 3 is 2.00 bits per heavy atom. The minimum absolute atomic E-state index is 0.183. The zero-order valence-corrected chi connectivity index (χ0v) is 15.7. The molecule has 2 aliphatic rings. The van der Waals surface area contributed by atoms with Gasteiger partial charge in [-0.25, -0.2) is 0 Å². The molecule has 2 atom stereocenters. The van der Waals surface area contributed by atoms with Crippen molar-refractivity contribution in [3.8, 4) is 23.0 Å². The van der Waals surface area contributed by atoms with Crippen LogP contribution in [-0.2, 0) is 9.47 Å². The molecule has 2 aromatic rings. The molecule has 0 aromatic heterocycles. The van der Waals surface area contributed by atoms with E-state index in [-0.39, 0.29) is 13.6 Å². The molecule has 0 amide bonds. The van der Waals surface area contributed by atoms with Crippen LogP contribution in [0.15, 0.2) is 36.4 Å². The van der Waals surface area contributed by atoms with Gasteiger partial charge in [-0.05, 0) is 35.4 Å². The summed E-state index contributed by atoms with van der Waals surface area (Å²) in [7, 11) is 3.14. The van der Waals surface area contributed by atoms with Gasteiger partial charge in [-0.1, -0.05) is 12.1 Å². The molecule has 2 aromatic carbocycles.